The average Bonchev–Trinajstić information content (AvgIpc) is 3.24. The van der Waals surface area contributed by atoms with Crippen molar-refractivity contribution in [3.05, 3.63) is 102 Å². The highest BCUT2D eigenvalue weighted by Crippen LogP contribution is 2.46. The van der Waals surface area contributed by atoms with Crippen molar-refractivity contribution in [3.63, 3.8) is 0 Å². The predicted octanol–water partition coefficient (Wildman–Crippen LogP) is 8.22. The van der Waals surface area contributed by atoms with Crippen LogP contribution in [-0.4, -0.2) is 32.7 Å². The van der Waals surface area contributed by atoms with E-state index in [0.29, 0.717) is 0 Å². The van der Waals surface area contributed by atoms with Crippen molar-refractivity contribution < 1.29 is 4.74 Å². The molecule has 4 aromatic carbocycles. The Kier molecular flexibility index (Phi) is 7.15. The van der Waals surface area contributed by atoms with Crippen LogP contribution in [-0.2, 0) is 6.54 Å². The van der Waals surface area contributed by atoms with Crippen LogP contribution in [0, 0.1) is 13.8 Å². The number of hydrogen-bond acceptors (Lipinski definition) is 3. The molecule has 0 amide bonds. The summed E-state index contributed by atoms with van der Waals surface area (Å²) in [6, 6.07) is 30.5. The van der Waals surface area contributed by atoms with Gasteiger partial charge >= 0.3 is 0 Å². The Labute approximate surface area is 226 Å². The Hall–Kier alpha value is -4.18. The second-order valence-corrected chi connectivity index (χ2v) is 10.1. The van der Waals surface area contributed by atoms with Gasteiger partial charge in [0.25, 0.3) is 0 Å². The fraction of sp³-hybridized carbons (Fsp3) is 0.235. The number of nitrogens with zero attached hydrogens (tertiary/aromatic N) is 2. The third kappa shape index (κ3) is 4.74. The first kappa shape index (κ1) is 25.5. The second kappa shape index (κ2) is 10.7. The number of methoxy groups -OCH3 is 1. The zero-order valence-electron chi connectivity index (χ0n) is 23.3. The van der Waals surface area contributed by atoms with Gasteiger partial charge < -0.3 is 19.5 Å². The smallest absolute Gasteiger partial charge is 0.135 e. The third-order valence-corrected chi connectivity index (χ3v) is 7.56. The van der Waals surface area contributed by atoms with Gasteiger partial charge in [-0.2, -0.15) is 0 Å². The predicted molar refractivity (Wildman–Crippen MR) is 163 cm³/mol. The number of aromatic nitrogens is 1. The van der Waals surface area contributed by atoms with E-state index in [1.807, 2.05) is 0 Å². The zero-order chi connectivity index (χ0) is 26.8. The van der Waals surface area contributed by atoms with Crippen LogP contribution in [0.1, 0.15) is 23.7 Å². The van der Waals surface area contributed by atoms with E-state index in [0.717, 1.165) is 46.6 Å². The number of fused-ring (bicyclic) bond motifs is 1. The molecule has 1 heterocycles. The Balaban J connectivity index is 1.62. The van der Waals surface area contributed by atoms with E-state index in [4.69, 9.17) is 4.74 Å². The average molecular weight is 504 g/mol. The summed E-state index contributed by atoms with van der Waals surface area (Å²) in [7, 11) is 5.91. The molecule has 194 valence electrons. The van der Waals surface area contributed by atoms with Gasteiger partial charge in [0.2, 0.25) is 0 Å². The molecule has 0 unspecified atom stereocenters. The van der Waals surface area contributed by atoms with Crippen molar-refractivity contribution in [2.45, 2.75) is 27.3 Å². The van der Waals surface area contributed by atoms with Gasteiger partial charge in [-0.15, -0.1) is 0 Å². The maximum Gasteiger partial charge on any atom is 0.135 e. The normalized spacial score (nSPS) is 11.1. The molecule has 5 rings (SSSR count). The standard InChI is InChI=1S/C34H37N3O/c1-7-37(22-25-11-9-8-10-12-25)29-19-15-27(16-20-29)33-32-23(2)24(3)35-31(32)21-30(34(33)38-6)26-13-17-28(18-14-26)36(4)5/h8-21,35H,7,22H2,1-6H3. The summed E-state index contributed by atoms with van der Waals surface area (Å²) in [5, 5.41) is 1.22. The van der Waals surface area contributed by atoms with Crippen LogP contribution < -0.4 is 14.5 Å². The molecular weight excluding hydrogens is 466 g/mol. The van der Waals surface area contributed by atoms with E-state index in [-0.39, 0.29) is 0 Å². The fourth-order valence-corrected chi connectivity index (χ4v) is 5.31. The minimum absolute atomic E-state index is 0.888. The van der Waals surface area contributed by atoms with Gasteiger partial charge in [-0.1, -0.05) is 54.6 Å². The van der Waals surface area contributed by atoms with E-state index in [9.17, 15) is 0 Å². The Morgan fingerprint density at radius 2 is 1.42 bits per heavy atom. The number of aryl methyl sites for hydroxylation is 2. The molecule has 0 aliphatic carbocycles. The first-order valence-corrected chi connectivity index (χ1v) is 13.3. The quantitative estimate of drug-likeness (QED) is 0.231. The Morgan fingerprint density at radius 3 is 2.03 bits per heavy atom. The fourth-order valence-electron chi connectivity index (χ4n) is 5.31. The maximum absolute atomic E-state index is 6.18. The first-order valence-electron chi connectivity index (χ1n) is 13.3. The highest BCUT2D eigenvalue weighted by molar-refractivity contribution is 6.05. The molecule has 0 bridgehead atoms. The number of ether oxygens (including phenoxy) is 1. The molecule has 0 saturated carbocycles. The number of anilines is 2. The van der Waals surface area contributed by atoms with Crippen LogP contribution in [0.2, 0.25) is 0 Å². The van der Waals surface area contributed by atoms with Crippen molar-refractivity contribution in [1.29, 1.82) is 0 Å². The van der Waals surface area contributed by atoms with Gasteiger partial charge in [0, 0.05) is 66.3 Å². The van der Waals surface area contributed by atoms with Gasteiger partial charge in [0.1, 0.15) is 5.75 Å². The van der Waals surface area contributed by atoms with Gasteiger partial charge in [-0.25, -0.2) is 0 Å². The summed E-state index contributed by atoms with van der Waals surface area (Å²) in [4.78, 5) is 8.14. The van der Waals surface area contributed by atoms with E-state index in [1.165, 1.54) is 33.6 Å². The molecule has 0 fully saturated rings. The van der Waals surface area contributed by atoms with Gasteiger partial charge in [0.05, 0.1) is 7.11 Å². The molecule has 38 heavy (non-hydrogen) atoms. The summed E-state index contributed by atoms with van der Waals surface area (Å²) in [5.41, 5.74) is 11.8. The van der Waals surface area contributed by atoms with Crippen LogP contribution in [0.3, 0.4) is 0 Å². The number of H-pyrrole nitrogens is 1. The molecule has 4 nitrogen and oxygen atoms in total. The van der Waals surface area contributed by atoms with Crippen LogP contribution in [0.5, 0.6) is 5.75 Å². The number of benzene rings is 4. The summed E-state index contributed by atoms with van der Waals surface area (Å²) < 4.78 is 6.18. The number of hydrogen-bond donors (Lipinski definition) is 1. The lowest BCUT2D eigenvalue weighted by Crippen LogP contribution is -2.21. The Morgan fingerprint density at radius 1 is 0.789 bits per heavy atom. The maximum atomic E-state index is 6.18. The molecule has 0 spiro atoms. The molecule has 0 radical (unpaired) electrons. The molecule has 1 aromatic heterocycles. The molecule has 0 aliphatic heterocycles. The second-order valence-electron chi connectivity index (χ2n) is 10.1. The molecule has 0 atom stereocenters. The van der Waals surface area contributed by atoms with Crippen LogP contribution >= 0.6 is 0 Å². The third-order valence-electron chi connectivity index (χ3n) is 7.56. The lowest BCUT2D eigenvalue weighted by molar-refractivity contribution is 0.418. The van der Waals surface area contributed by atoms with Crippen LogP contribution in [0.25, 0.3) is 33.2 Å². The SMILES string of the molecule is CCN(Cc1ccccc1)c1ccc(-c2c(OC)c(-c3ccc(N(C)C)cc3)cc3[nH]c(C)c(C)c23)cc1. The van der Waals surface area contributed by atoms with Crippen molar-refractivity contribution in [1.82, 2.24) is 4.98 Å². The van der Waals surface area contributed by atoms with Crippen molar-refractivity contribution in [2.24, 2.45) is 0 Å². The number of aromatic amines is 1. The summed E-state index contributed by atoms with van der Waals surface area (Å²) >= 11 is 0. The van der Waals surface area contributed by atoms with Gasteiger partial charge in [-0.05, 0) is 73.4 Å². The van der Waals surface area contributed by atoms with E-state index in [1.54, 1.807) is 7.11 Å². The van der Waals surface area contributed by atoms with Gasteiger partial charge in [0.15, 0.2) is 0 Å². The van der Waals surface area contributed by atoms with E-state index in [2.05, 4.69) is 135 Å². The monoisotopic (exact) mass is 503 g/mol. The lowest BCUT2D eigenvalue weighted by atomic mass is 9.92. The molecule has 4 heteroatoms. The molecule has 0 saturated heterocycles. The van der Waals surface area contributed by atoms with Crippen LogP contribution in [0.15, 0.2) is 84.9 Å². The number of rotatable bonds is 8. The Bertz CT molecular complexity index is 1530. The summed E-state index contributed by atoms with van der Waals surface area (Å²) in [6.07, 6.45) is 0. The summed E-state index contributed by atoms with van der Waals surface area (Å²) in [5.74, 6) is 0.904. The van der Waals surface area contributed by atoms with Crippen molar-refractivity contribution in [2.75, 3.05) is 37.5 Å². The molecule has 1 N–H and O–H groups in total. The van der Waals surface area contributed by atoms with Crippen molar-refractivity contribution in [3.8, 4) is 28.0 Å². The van der Waals surface area contributed by atoms with Crippen molar-refractivity contribution >= 4 is 22.3 Å². The topological polar surface area (TPSA) is 31.5 Å². The highest BCUT2D eigenvalue weighted by atomic mass is 16.5. The highest BCUT2D eigenvalue weighted by Gasteiger charge is 2.21. The van der Waals surface area contributed by atoms with E-state index < -0.39 is 0 Å². The molecular formula is C34H37N3O. The lowest BCUT2D eigenvalue weighted by Gasteiger charge is -2.24. The molecule has 5 aromatic rings. The zero-order valence-corrected chi connectivity index (χ0v) is 23.3. The van der Waals surface area contributed by atoms with E-state index >= 15 is 0 Å². The first-order chi connectivity index (χ1) is 18.4. The minimum atomic E-state index is 0.888. The van der Waals surface area contributed by atoms with Crippen LogP contribution in [0.4, 0.5) is 11.4 Å². The largest absolute Gasteiger partial charge is 0.495 e. The molecule has 0 aliphatic rings. The minimum Gasteiger partial charge on any atom is -0.495 e. The van der Waals surface area contributed by atoms with Gasteiger partial charge in [-0.3, -0.25) is 0 Å². The number of nitrogens with one attached hydrogen (secondary N) is 1. The summed E-state index contributed by atoms with van der Waals surface area (Å²) in [6.45, 7) is 8.37.